The molecular formula is C14H29N3. The summed E-state index contributed by atoms with van der Waals surface area (Å²) in [5, 5.41) is 0. The number of fused-ring (bicyclic) bond motifs is 1. The number of rotatable bonds is 3. The van der Waals surface area contributed by atoms with Crippen molar-refractivity contribution in [3.63, 3.8) is 0 Å². The highest BCUT2D eigenvalue weighted by atomic mass is 15.3. The SMILES string of the molecule is CC(N)C(C)CN1CC2CCCCN2CC1C. The molecular weight excluding hydrogens is 210 g/mol. The van der Waals surface area contributed by atoms with Gasteiger partial charge in [-0.3, -0.25) is 9.80 Å². The maximum atomic E-state index is 5.99. The first-order valence-electron chi connectivity index (χ1n) is 7.31. The zero-order valence-electron chi connectivity index (χ0n) is 11.7. The number of hydrogen-bond acceptors (Lipinski definition) is 3. The second-order valence-corrected chi connectivity index (χ2v) is 6.28. The molecule has 2 aliphatic rings. The van der Waals surface area contributed by atoms with Crippen LogP contribution >= 0.6 is 0 Å². The molecule has 0 spiro atoms. The van der Waals surface area contributed by atoms with Gasteiger partial charge in [0.1, 0.15) is 0 Å². The fourth-order valence-electron chi connectivity index (χ4n) is 3.20. The summed E-state index contributed by atoms with van der Waals surface area (Å²) >= 11 is 0. The maximum absolute atomic E-state index is 5.99. The lowest BCUT2D eigenvalue weighted by molar-refractivity contribution is 0.00758. The van der Waals surface area contributed by atoms with Crippen molar-refractivity contribution < 1.29 is 0 Å². The number of piperazine rings is 1. The van der Waals surface area contributed by atoms with Gasteiger partial charge in [0, 0.05) is 37.8 Å². The van der Waals surface area contributed by atoms with Crippen LogP contribution in [0.5, 0.6) is 0 Å². The van der Waals surface area contributed by atoms with Gasteiger partial charge in [-0.2, -0.15) is 0 Å². The maximum Gasteiger partial charge on any atom is 0.0223 e. The minimum absolute atomic E-state index is 0.312. The summed E-state index contributed by atoms with van der Waals surface area (Å²) in [6.07, 6.45) is 4.22. The van der Waals surface area contributed by atoms with Gasteiger partial charge in [0.15, 0.2) is 0 Å². The monoisotopic (exact) mass is 239 g/mol. The average molecular weight is 239 g/mol. The van der Waals surface area contributed by atoms with E-state index >= 15 is 0 Å². The Morgan fingerprint density at radius 3 is 2.71 bits per heavy atom. The first-order chi connectivity index (χ1) is 8.08. The standard InChI is InChI=1S/C14H29N3/c1-11(13(3)15)8-17-10-14-6-4-5-7-16(14)9-12(17)2/h11-14H,4-10,15H2,1-3H3. The first-order valence-corrected chi connectivity index (χ1v) is 7.31. The zero-order chi connectivity index (χ0) is 12.4. The molecule has 100 valence electrons. The largest absolute Gasteiger partial charge is 0.328 e. The Hall–Kier alpha value is -0.120. The van der Waals surface area contributed by atoms with Crippen LogP contribution in [0.3, 0.4) is 0 Å². The Bertz CT molecular complexity index is 242. The van der Waals surface area contributed by atoms with E-state index in [2.05, 4.69) is 30.6 Å². The quantitative estimate of drug-likeness (QED) is 0.810. The molecule has 2 heterocycles. The van der Waals surface area contributed by atoms with E-state index in [1.165, 1.54) is 45.4 Å². The zero-order valence-corrected chi connectivity index (χ0v) is 11.7. The summed E-state index contributed by atoms with van der Waals surface area (Å²) in [5.74, 6) is 0.604. The molecule has 2 saturated heterocycles. The summed E-state index contributed by atoms with van der Waals surface area (Å²) in [6, 6.07) is 1.83. The van der Waals surface area contributed by atoms with E-state index in [9.17, 15) is 0 Å². The van der Waals surface area contributed by atoms with Crippen molar-refractivity contribution in [2.24, 2.45) is 11.7 Å². The van der Waals surface area contributed by atoms with Crippen LogP contribution in [0.4, 0.5) is 0 Å². The molecule has 17 heavy (non-hydrogen) atoms. The van der Waals surface area contributed by atoms with Crippen LogP contribution in [0, 0.1) is 5.92 Å². The van der Waals surface area contributed by atoms with Gasteiger partial charge in [-0.25, -0.2) is 0 Å². The van der Waals surface area contributed by atoms with Crippen molar-refractivity contribution in [1.29, 1.82) is 0 Å². The lowest BCUT2D eigenvalue weighted by Gasteiger charge is -2.48. The number of nitrogens with zero attached hydrogens (tertiary/aromatic N) is 2. The fraction of sp³-hybridized carbons (Fsp3) is 1.00. The third-order valence-corrected chi connectivity index (χ3v) is 4.74. The van der Waals surface area contributed by atoms with Gasteiger partial charge in [-0.1, -0.05) is 13.3 Å². The van der Waals surface area contributed by atoms with Crippen LogP contribution in [0.2, 0.25) is 0 Å². The van der Waals surface area contributed by atoms with Crippen LogP contribution < -0.4 is 5.73 Å². The van der Waals surface area contributed by atoms with E-state index in [4.69, 9.17) is 5.73 Å². The van der Waals surface area contributed by atoms with E-state index in [0.29, 0.717) is 18.0 Å². The molecule has 0 saturated carbocycles. The van der Waals surface area contributed by atoms with Gasteiger partial charge in [0.2, 0.25) is 0 Å². The third kappa shape index (κ3) is 3.21. The molecule has 0 aromatic rings. The summed E-state index contributed by atoms with van der Waals surface area (Å²) in [4.78, 5) is 5.38. The van der Waals surface area contributed by atoms with E-state index in [1.54, 1.807) is 0 Å². The highest BCUT2D eigenvalue weighted by Crippen LogP contribution is 2.24. The average Bonchev–Trinajstić information content (AvgIpc) is 2.29. The second-order valence-electron chi connectivity index (χ2n) is 6.28. The topological polar surface area (TPSA) is 32.5 Å². The molecule has 2 aliphatic heterocycles. The molecule has 0 radical (unpaired) electrons. The van der Waals surface area contributed by atoms with Gasteiger partial charge in [0.25, 0.3) is 0 Å². The lowest BCUT2D eigenvalue weighted by Crippen LogP contribution is -2.59. The molecule has 4 atom stereocenters. The van der Waals surface area contributed by atoms with Crippen LogP contribution in [0.1, 0.15) is 40.0 Å². The van der Waals surface area contributed by atoms with Crippen LogP contribution in [-0.4, -0.2) is 54.1 Å². The Morgan fingerprint density at radius 2 is 2.00 bits per heavy atom. The molecule has 2 N–H and O–H groups in total. The van der Waals surface area contributed by atoms with Gasteiger partial charge in [-0.05, 0) is 39.2 Å². The van der Waals surface area contributed by atoms with Crippen molar-refractivity contribution in [2.75, 3.05) is 26.2 Å². The highest BCUT2D eigenvalue weighted by molar-refractivity contribution is 4.89. The predicted molar refractivity (Wildman–Crippen MR) is 73.1 cm³/mol. The number of hydrogen-bond donors (Lipinski definition) is 1. The van der Waals surface area contributed by atoms with Gasteiger partial charge in [-0.15, -0.1) is 0 Å². The van der Waals surface area contributed by atoms with Crippen LogP contribution in [-0.2, 0) is 0 Å². The molecule has 3 nitrogen and oxygen atoms in total. The second kappa shape index (κ2) is 5.68. The number of nitrogens with two attached hydrogens (primary N) is 1. The summed E-state index contributed by atoms with van der Waals surface area (Å²) in [5.41, 5.74) is 5.99. The van der Waals surface area contributed by atoms with E-state index in [-0.39, 0.29) is 0 Å². The lowest BCUT2D eigenvalue weighted by atomic mass is 9.95. The van der Waals surface area contributed by atoms with E-state index < -0.39 is 0 Å². The highest BCUT2D eigenvalue weighted by Gasteiger charge is 2.33. The van der Waals surface area contributed by atoms with Crippen LogP contribution in [0.25, 0.3) is 0 Å². The molecule has 0 aromatic heterocycles. The Labute approximate surface area is 106 Å². The summed E-state index contributed by atoms with van der Waals surface area (Å²) < 4.78 is 0. The van der Waals surface area contributed by atoms with Gasteiger partial charge < -0.3 is 5.73 Å². The van der Waals surface area contributed by atoms with Crippen molar-refractivity contribution >= 4 is 0 Å². The molecule has 2 rings (SSSR count). The first kappa shape index (κ1) is 13.3. The van der Waals surface area contributed by atoms with Crippen molar-refractivity contribution in [2.45, 2.75) is 58.2 Å². The molecule has 0 amide bonds. The van der Waals surface area contributed by atoms with Gasteiger partial charge >= 0.3 is 0 Å². The Kier molecular flexibility index (Phi) is 4.45. The Morgan fingerprint density at radius 1 is 1.24 bits per heavy atom. The van der Waals surface area contributed by atoms with Gasteiger partial charge in [0.05, 0.1) is 0 Å². The molecule has 2 fully saturated rings. The molecule has 0 bridgehead atoms. The summed E-state index contributed by atoms with van der Waals surface area (Å²) in [6.45, 7) is 11.8. The van der Waals surface area contributed by atoms with Crippen molar-refractivity contribution in [3.8, 4) is 0 Å². The van der Waals surface area contributed by atoms with Crippen molar-refractivity contribution in [1.82, 2.24) is 9.80 Å². The molecule has 3 heteroatoms. The normalized spacial score (nSPS) is 35.3. The molecule has 0 aliphatic carbocycles. The number of piperidine rings is 1. The molecule has 0 aromatic carbocycles. The third-order valence-electron chi connectivity index (χ3n) is 4.74. The predicted octanol–water partition coefficient (Wildman–Crippen LogP) is 1.53. The smallest absolute Gasteiger partial charge is 0.0223 e. The molecule has 4 unspecified atom stereocenters. The minimum atomic E-state index is 0.312. The Balaban J connectivity index is 1.90. The van der Waals surface area contributed by atoms with E-state index in [1.807, 2.05) is 0 Å². The van der Waals surface area contributed by atoms with E-state index in [0.717, 1.165) is 6.04 Å². The minimum Gasteiger partial charge on any atom is -0.328 e. The fourth-order valence-corrected chi connectivity index (χ4v) is 3.20. The van der Waals surface area contributed by atoms with Crippen molar-refractivity contribution in [3.05, 3.63) is 0 Å². The summed E-state index contributed by atoms with van der Waals surface area (Å²) in [7, 11) is 0. The van der Waals surface area contributed by atoms with Crippen LogP contribution in [0.15, 0.2) is 0 Å².